The van der Waals surface area contributed by atoms with Crippen molar-refractivity contribution in [1.82, 2.24) is 4.57 Å². The highest BCUT2D eigenvalue weighted by molar-refractivity contribution is 7.67. The van der Waals surface area contributed by atoms with Gasteiger partial charge in [-0.1, -0.05) is 42.5 Å². The molecule has 0 saturated carbocycles. The molecular formula is C16H13NO3S2. The van der Waals surface area contributed by atoms with E-state index in [1.807, 2.05) is 54.6 Å². The van der Waals surface area contributed by atoms with Crippen molar-refractivity contribution in [3.05, 3.63) is 85.1 Å². The second kappa shape index (κ2) is 6.72. The van der Waals surface area contributed by atoms with Crippen molar-refractivity contribution in [2.45, 2.75) is 13.2 Å². The van der Waals surface area contributed by atoms with E-state index < -0.39 is 0 Å². The van der Waals surface area contributed by atoms with Crippen LogP contribution in [-0.4, -0.2) is 4.57 Å². The van der Waals surface area contributed by atoms with Gasteiger partial charge in [-0.2, -0.15) is 0 Å². The Hall–Kier alpha value is -2.18. The van der Waals surface area contributed by atoms with Crippen molar-refractivity contribution in [3.8, 4) is 5.75 Å². The van der Waals surface area contributed by atoms with Crippen molar-refractivity contribution in [2.24, 2.45) is 0 Å². The summed E-state index contributed by atoms with van der Waals surface area (Å²) >= 11 is 0. The van der Waals surface area contributed by atoms with Gasteiger partial charge in [0.05, 0.1) is 6.54 Å². The number of aromatic nitrogens is 1. The predicted octanol–water partition coefficient (Wildman–Crippen LogP) is 2.96. The van der Waals surface area contributed by atoms with Crippen LogP contribution in [0.1, 0.15) is 11.1 Å². The van der Waals surface area contributed by atoms with E-state index in [-0.39, 0.29) is 9.75 Å². The molecule has 0 unspecified atom stereocenters. The number of rotatable bonds is 5. The van der Waals surface area contributed by atoms with E-state index in [2.05, 4.69) is 0 Å². The molecule has 6 heteroatoms. The van der Waals surface area contributed by atoms with E-state index in [4.69, 9.17) is 4.74 Å². The second-order valence-corrected chi connectivity index (χ2v) is 6.73. The normalized spacial score (nSPS) is 10.5. The second-order valence-electron chi connectivity index (χ2n) is 4.70. The molecule has 0 N–H and O–H groups in total. The maximum atomic E-state index is 11.5. The Labute approximate surface area is 134 Å². The smallest absolute Gasteiger partial charge is 0.320 e. The largest absolute Gasteiger partial charge is 0.489 e. The standard InChI is InChI=1S/C16H13NO3S2/c18-15-17(16(19)22-21-15)10-12-6-8-14(9-7-12)20-11-13-4-2-1-3-5-13/h1-9H,10-11H2. The molecule has 0 saturated heterocycles. The van der Waals surface area contributed by atoms with E-state index in [1.54, 1.807) is 0 Å². The van der Waals surface area contributed by atoms with Crippen LogP contribution in [0.5, 0.6) is 5.75 Å². The van der Waals surface area contributed by atoms with Gasteiger partial charge in [-0.25, -0.2) is 0 Å². The third kappa shape index (κ3) is 3.52. The van der Waals surface area contributed by atoms with Crippen LogP contribution in [0.15, 0.2) is 64.2 Å². The SMILES string of the molecule is O=c1ssc(=O)n1Cc1ccc(OCc2ccccc2)cc1. The van der Waals surface area contributed by atoms with E-state index in [0.717, 1.165) is 37.6 Å². The summed E-state index contributed by atoms with van der Waals surface area (Å²) in [4.78, 5) is 22.7. The highest BCUT2D eigenvalue weighted by atomic mass is 32.9. The van der Waals surface area contributed by atoms with Gasteiger partial charge in [0.25, 0.3) is 0 Å². The first kappa shape index (κ1) is 14.7. The monoisotopic (exact) mass is 331 g/mol. The topological polar surface area (TPSA) is 48.3 Å². The molecule has 1 aromatic heterocycles. The van der Waals surface area contributed by atoms with Crippen molar-refractivity contribution >= 4 is 20.7 Å². The van der Waals surface area contributed by atoms with Crippen molar-refractivity contribution in [2.75, 3.05) is 0 Å². The first-order chi connectivity index (χ1) is 10.7. The zero-order valence-corrected chi connectivity index (χ0v) is 13.2. The first-order valence-corrected chi connectivity index (χ1v) is 8.83. The van der Waals surface area contributed by atoms with Crippen LogP contribution in [-0.2, 0) is 13.2 Å². The molecule has 0 spiro atoms. The third-order valence-corrected chi connectivity index (χ3v) is 5.05. The van der Waals surface area contributed by atoms with E-state index >= 15 is 0 Å². The fraction of sp³-hybridized carbons (Fsp3) is 0.125. The molecule has 0 aliphatic heterocycles. The molecular weight excluding hydrogens is 318 g/mol. The molecule has 3 rings (SSSR count). The Bertz CT molecular complexity index is 820. The number of ether oxygens (including phenoxy) is 1. The van der Waals surface area contributed by atoms with E-state index in [1.165, 1.54) is 4.57 Å². The van der Waals surface area contributed by atoms with Crippen LogP contribution in [0.25, 0.3) is 0 Å². The van der Waals surface area contributed by atoms with Gasteiger partial charge in [0.15, 0.2) is 0 Å². The van der Waals surface area contributed by atoms with Crippen LogP contribution in [0, 0.1) is 0 Å². The number of nitrogens with zero attached hydrogens (tertiary/aromatic N) is 1. The number of benzene rings is 2. The minimum atomic E-state index is -0.209. The van der Waals surface area contributed by atoms with E-state index in [9.17, 15) is 9.59 Å². The molecule has 0 atom stereocenters. The van der Waals surface area contributed by atoms with Crippen LogP contribution < -0.4 is 14.5 Å². The lowest BCUT2D eigenvalue weighted by Crippen LogP contribution is -2.24. The maximum absolute atomic E-state index is 11.5. The maximum Gasteiger partial charge on any atom is 0.320 e. The summed E-state index contributed by atoms with van der Waals surface area (Å²) in [5, 5.41) is 0. The lowest BCUT2D eigenvalue weighted by Gasteiger charge is -2.07. The third-order valence-electron chi connectivity index (χ3n) is 3.14. The minimum Gasteiger partial charge on any atom is -0.489 e. The van der Waals surface area contributed by atoms with Crippen molar-refractivity contribution in [3.63, 3.8) is 0 Å². The Morgan fingerprint density at radius 2 is 1.45 bits per heavy atom. The average Bonchev–Trinajstić information content (AvgIpc) is 2.87. The van der Waals surface area contributed by atoms with Crippen LogP contribution in [0.2, 0.25) is 0 Å². The van der Waals surface area contributed by atoms with Crippen LogP contribution in [0.3, 0.4) is 0 Å². The molecule has 1 heterocycles. The summed E-state index contributed by atoms with van der Waals surface area (Å²) in [5.41, 5.74) is 2.01. The van der Waals surface area contributed by atoms with Crippen LogP contribution in [0.4, 0.5) is 0 Å². The molecule has 0 fully saturated rings. The molecule has 112 valence electrons. The highest BCUT2D eigenvalue weighted by Crippen LogP contribution is 2.14. The molecule has 0 aliphatic rings. The fourth-order valence-electron chi connectivity index (χ4n) is 1.98. The van der Waals surface area contributed by atoms with Gasteiger partial charge in [-0.15, -0.1) is 0 Å². The highest BCUT2D eigenvalue weighted by Gasteiger charge is 2.05. The molecule has 0 aliphatic carbocycles. The van der Waals surface area contributed by atoms with Gasteiger partial charge < -0.3 is 4.74 Å². The zero-order valence-electron chi connectivity index (χ0n) is 11.6. The molecule has 3 aromatic rings. The van der Waals surface area contributed by atoms with Crippen molar-refractivity contribution < 1.29 is 4.74 Å². The lowest BCUT2D eigenvalue weighted by atomic mass is 10.2. The zero-order chi connectivity index (χ0) is 15.4. The van der Waals surface area contributed by atoms with Crippen LogP contribution >= 0.6 is 20.7 Å². The summed E-state index contributed by atoms with van der Waals surface area (Å²) < 4.78 is 6.95. The van der Waals surface area contributed by atoms with Gasteiger partial charge in [0.1, 0.15) is 12.4 Å². The summed E-state index contributed by atoms with van der Waals surface area (Å²) in [5.74, 6) is 0.760. The predicted molar refractivity (Wildman–Crippen MR) is 89.0 cm³/mol. The molecule has 0 bridgehead atoms. The lowest BCUT2D eigenvalue weighted by molar-refractivity contribution is 0.306. The number of hydrogen-bond donors (Lipinski definition) is 0. The quantitative estimate of drug-likeness (QED) is 0.675. The summed E-state index contributed by atoms with van der Waals surface area (Å²) in [6.45, 7) is 0.813. The minimum absolute atomic E-state index is 0.209. The Morgan fingerprint density at radius 3 is 2.09 bits per heavy atom. The van der Waals surface area contributed by atoms with Gasteiger partial charge in [0.2, 0.25) is 0 Å². The van der Waals surface area contributed by atoms with Gasteiger partial charge in [-0.05, 0) is 43.9 Å². The van der Waals surface area contributed by atoms with Crippen molar-refractivity contribution in [1.29, 1.82) is 0 Å². The summed E-state index contributed by atoms with van der Waals surface area (Å²) in [7, 11) is 1.94. The molecule has 4 nitrogen and oxygen atoms in total. The van der Waals surface area contributed by atoms with Gasteiger partial charge >= 0.3 is 9.75 Å². The van der Waals surface area contributed by atoms with Gasteiger partial charge in [0, 0.05) is 0 Å². The Kier molecular flexibility index (Phi) is 4.50. The fourth-order valence-corrected chi connectivity index (χ4v) is 3.62. The average molecular weight is 331 g/mol. The van der Waals surface area contributed by atoms with Gasteiger partial charge in [-0.3, -0.25) is 14.2 Å². The summed E-state index contributed by atoms with van der Waals surface area (Å²) in [6.07, 6.45) is 0. The molecule has 22 heavy (non-hydrogen) atoms. The molecule has 2 aromatic carbocycles. The Morgan fingerprint density at radius 1 is 0.818 bits per heavy atom. The molecule has 0 amide bonds. The van der Waals surface area contributed by atoms with E-state index in [0.29, 0.717) is 13.2 Å². The molecule has 0 radical (unpaired) electrons. The number of hydrogen-bond acceptors (Lipinski definition) is 5. The first-order valence-electron chi connectivity index (χ1n) is 6.68. The summed E-state index contributed by atoms with van der Waals surface area (Å²) in [6, 6.07) is 17.4. The Balaban J connectivity index is 1.65.